The van der Waals surface area contributed by atoms with Crippen LogP contribution in [0.25, 0.3) is 0 Å². The Bertz CT molecular complexity index is 455. The van der Waals surface area contributed by atoms with Crippen molar-refractivity contribution in [1.82, 2.24) is 9.80 Å². The maximum atomic E-state index is 12.1. The number of rotatable bonds is 6. The number of likely N-dealkylation sites (tertiary alicyclic amines) is 1. The maximum absolute atomic E-state index is 12.1. The number of amides is 1. The molecule has 1 amide bonds. The maximum Gasteiger partial charge on any atom is 0.226 e. The lowest BCUT2D eigenvalue weighted by Crippen LogP contribution is -2.44. The van der Waals surface area contributed by atoms with Gasteiger partial charge in [0.25, 0.3) is 0 Å². The zero-order valence-corrected chi connectivity index (χ0v) is 13.9. The molecule has 2 N–H and O–H groups in total. The van der Waals surface area contributed by atoms with Crippen molar-refractivity contribution in [2.24, 2.45) is 17.6 Å². The van der Waals surface area contributed by atoms with Crippen molar-refractivity contribution in [1.29, 1.82) is 0 Å². The first kappa shape index (κ1) is 17.0. The van der Waals surface area contributed by atoms with Crippen LogP contribution in [0.3, 0.4) is 0 Å². The van der Waals surface area contributed by atoms with Gasteiger partial charge in [0.05, 0.1) is 0 Å². The molecule has 0 bridgehead atoms. The van der Waals surface area contributed by atoms with E-state index in [9.17, 15) is 4.79 Å². The average Bonchev–Trinajstić information content (AvgIpc) is 2.55. The smallest absolute Gasteiger partial charge is 0.226 e. The highest BCUT2D eigenvalue weighted by atomic mass is 16.2. The van der Waals surface area contributed by atoms with Crippen LogP contribution in [-0.2, 0) is 11.3 Å². The fourth-order valence-corrected chi connectivity index (χ4v) is 3.15. The summed E-state index contributed by atoms with van der Waals surface area (Å²) < 4.78 is 0. The molecule has 0 aliphatic carbocycles. The van der Waals surface area contributed by atoms with Gasteiger partial charge in [-0.3, -0.25) is 4.79 Å². The zero-order chi connectivity index (χ0) is 15.9. The van der Waals surface area contributed by atoms with Crippen LogP contribution in [0.15, 0.2) is 30.3 Å². The minimum absolute atomic E-state index is 0.0442. The van der Waals surface area contributed by atoms with Crippen LogP contribution in [-0.4, -0.2) is 48.9 Å². The Labute approximate surface area is 134 Å². The summed E-state index contributed by atoms with van der Waals surface area (Å²) in [5.74, 6) is 0.863. The summed E-state index contributed by atoms with van der Waals surface area (Å²) in [6.45, 7) is 6.22. The van der Waals surface area contributed by atoms with E-state index >= 15 is 0 Å². The molecule has 0 radical (unpaired) electrons. The van der Waals surface area contributed by atoms with Crippen molar-refractivity contribution in [3.05, 3.63) is 35.9 Å². The topological polar surface area (TPSA) is 49.6 Å². The molecule has 22 heavy (non-hydrogen) atoms. The van der Waals surface area contributed by atoms with Crippen molar-refractivity contribution in [3.63, 3.8) is 0 Å². The first-order valence-electron chi connectivity index (χ1n) is 8.31. The third-order valence-corrected chi connectivity index (χ3v) is 4.57. The number of benzene rings is 1. The third kappa shape index (κ3) is 4.82. The molecule has 1 heterocycles. The molecule has 1 aromatic rings. The second kappa shape index (κ2) is 8.30. The summed E-state index contributed by atoms with van der Waals surface area (Å²) >= 11 is 0. The molecule has 2 rings (SSSR count). The predicted molar refractivity (Wildman–Crippen MR) is 90.3 cm³/mol. The molecule has 1 saturated heterocycles. The fourth-order valence-electron chi connectivity index (χ4n) is 3.15. The highest BCUT2D eigenvalue weighted by Crippen LogP contribution is 2.20. The zero-order valence-electron chi connectivity index (χ0n) is 13.9. The van der Waals surface area contributed by atoms with Crippen LogP contribution in [0.1, 0.15) is 25.3 Å². The van der Waals surface area contributed by atoms with E-state index in [1.807, 2.05) is 11.8 Å². The first-order valence-corrected chi connectivity index (χ1v) is 8.31. The molecule has 1 atom stereocenters. The molecule has 0 spiro atoms. The molecule has 1 unspecified atom stereocenters. The van der Waals surface area contributed by atoms with Gasteiger partial charge in [-0.15, -0.1) is 0 Å². The van der Waals surface area contributed by atoms with Gasteiger partial charge in [0.2, 0.25) is 5.91 Å². The van der Waals surface area contributed by atoms with Crippen molar-refractivity contribution >= 4 is 5.91 Å². The summed E-state index contributed by atoms with van der Waals surface area (Å²) in [5, 5.41) is 0. The van der Waals surface area contributed by atoms with Crippen LogP contribution in [0.4, 0.5) is 0 Å². The normalized spacial score (nSPS) is 17.7. The van der Waals surface area contributed by atoms with Gasteiger partial charge in [0, 0.05) is 38.6 Å². The lowest BCUT2D eigenvalue weighted by molar-refractivity contribution is -0.136. The van der Waals surface area contributed by atoms with Crippen molar-refractivity contribution in [2.75, 3.05) is 33.2 Å². The Morgan fingerprint density at radius 1 is 1.32 bits per heavy atom. The van der Waals surface area contributed by atoms with Crippen LogP contribution < -0.4 is 5.73 Å². The molecular weight excluding hydrogens is 274 g/mol. The van der Waals surface area contributed by atoms with Crippen LogP contribution >= 0.6 is 0 Å². The SMILES string of the molecule is CC(CN)C(=O)N1CCC(CN(C)Cc2ccccc2)CC1. The van der Waals surface area contributed by atoms with Gasteiger partial charge >= 0.3 is 0 Å². The van der Waals surface area contributed by atoms with E-state index in [1.54, 1.807) is 0 Å². The van der Waals surface area contributed by atoms with E-state index in [4.69, 9.17) is 5.73 Å². The quantitative estimate of drug-likeness (QED) is 0.874. The van der Waals surface area contributed by atoms with Gasteiger partial charge in [-0.1, -0.05) is 37.3 Å². The Morgan fingerprint density at radius 2 is 1.95 bits per heavy atom. The molecule has 1 fully saturated rings. The van der Waals surface area contributed by atoms with E-state index in [1.165, 1.54) is 5.56 Å². The molecule has 122 valence electrons. The van der Waals surface area contributed by atoms with E-state index in [0.717, 1.165) is 39.0 Å². The highest BCUT2D eigenvalue weighted by Gasteiger charge is 2.25. The Hall–Kier alpha value is -1.39. The van der Waals surface area contributed by atoms with Gasteiger partial charge < -0.3 is 15.5 Å². The summed E-state index contributed by atoms with van der Waals surface area (Å²) in [4.78, 5) is 16.5. The third-order valence-electron chi connectivity index (χ3n) is 4.57. The molecule has 4 heteroatoms. The van der Waals surface area contributed by atoms with E-state index < -0.39 is 0 Å². The fraction of sp³-hybridized carbons (Fsp3) is 0.611. The molecular formula is C18H29N3O. The minimum Gasteiger partial charge on any atom is -0.342 e. The number of carbonyl (C=O) groups excluding carboxylic acids is 1. The summed E-state index contributed by atoms with van der Waals surface area (Å²) in [6.07, 6.45) is 2.20. The Morgan fingerprint density at radius 3 is 2.55 bits per heavy atom. The van der Waals surface area contributed by atoms with Crippen molar-refractivity contribution in [2.45, 2.75) is 26.3 Å². The van der Waals surface area contributed by atoms with Gasteiger partial charge in [-0.25, -0.2) is 0 Å². The van der Waals surface area contributed by atoms with Gasteiger partial charge in [0.15, 0.2) is 0 Å². The minimum atomic E-state index is -0.0442. The summed E-state index contributed by atoms with van der Waals surface area (Å²) in [7, 11) is 2.18. The van der Waals surface area contributed by atoms with E-state index in [0.29, 0.717) is 12.5 Å². The van der Waals surface area contributed by atoms with Crippen molar-refractivity contribution < 1.29 is 4.79 Å². The molecule has 1 aliphatic heterocycles. The number of carbonyl (C=O) groups is 1. The second-order valence-corrected chi connectivity index (χ2v) is 6.59. The number of nitrogens with zero attached hydrogens (tertiary/aromatic N) is 2. The van der Waals surface area contributed by atoms with Crippen LogP contribution in [0.5, 0.6) is 0 Å². The molecule has 0 saturated carbocycles. The molecule has 1 aromatic carbocycles. The Balaban J connectivity index is 1.74. The first-order chi connectivity index (χ1) is 10.6. The monoisotopic (exact) mass is 303 g/mol. The van der Waals surface area contributed by atoms with Crippen molar-refractivity contribution in [3.8, 4) is 0 Å². The second-order valence-electron chi connectivity index (χ2n) is 6.59. The standard InChI is InChI=1S/C18H29N3O/c1-15(12-19)18(22)21-10-8-17(9-11-21)14-20(2)13-16-6-4-3-5-7-16/h3-7,15,17H,8-14,19H2,1-2H3. The van der Waals surface area contributed by atoms with E-state index in [2.05, 4.69) is 42.3 Å². The van der Waals surface area contributed by atoms with E-state index in [-0.39, 0.29) is 11.8 Å². The Kier molecular flexibility index (Phi) is 6.40. The molecule has 4 nitrogen and oxygen atoms in total. The number of nitrogens with two attached hydrogens (primary N) is 1. The molecule has 1 aliphatic rings. The number of piperidine rings is 1. The summed E-state index contributed by atoms with van der Waals surface area (Å²) in [6, 6.07) is 10.6. The van der Waals surface area contributed by atoms with Crippen LogP contribution in [0, 0.1) is 11.8 Å². The summed E-state index contributed by atoms with van der Waals surface area (Å²) in [5.41, 5.74) is 6.95. The lowest BCUT2D eigenvalue weighted by atomic mass is 9.95. The van der Waals surface area contributed by atoms with Gasteiger partial charge in [-0.2, -0.15) is 0 Å². The van der Waals surface area contributed by atoms with Crippen LogP contribution in [0.2, 0.25) is 0 Å². The van der Waals surface area contributed by atoms with Gasteiger partial charge in [-0.05, 0) is 31.4 Å². The largest absolute Gasteiger partial charge is 0.342 e. The lowest BCUT2D eigenvalue weighted by Gasteiger charge is -2.35. The number of hydrogen-bond donors (Lipinski definition) is 1. The molecule has 0 aromatic heterocycles. The number of hydrogen-bond acceptors (Lipinski definition) is 3. The van der Waals surface area contributed by atoms with Gasteiger partial charge in [0.1, 0.15) is 0 Å². The predicted octanol–water partition coefficient (Wildman–Crippen LogP) is 1.95. The highest BCUT2D eigenvalue weighted by molar-refractivity contribution is 5.78. The average molecular weight is 303 g/mol.